The van der Waals surface area contributed by atoms with Gasteiger partial charge in [0.05, 0.1) is 13.0 Å². The largest absolute Gasteiger partial charge is 0.466 e. The molecule has 0 aliphatic rings. The second-order valence-electron chi connectivity index (χ2n) is 3.72. The molecule has 0 aromatic heterocycles. The van der Waals surface area contributed by atoms with Gasteiger partial charge in [-0.1, -0.05) is 12.1 Å². The Labute approximate surface area is 111 Å². The molecule has 0 fully saturated rings. The SMILES string of the molecule is CCOC(=O)C[C@H](N)c1ccc(C)c(F)c1F.Cl. The molecule has 0 unspecified atom stereocenters. The molecule has 0 amide bonds. The molecule has 0 radical (unpaired) electrons. The Morgan fingerprint density at radius 1 is 1.39 bits per heavy atom. The molecule has 1 rings (SSSR count). The standard InChI is InChI=1S/C12H15F2NO2.ClH/c1-3-17-10(16)6-9(15)8-5-4-7(2)11(13)12(8)14;/h4-5,9H,3,6,15H2,1-2H3;1H/t9-;/m0./s1. The maximum Gasteiger partial charge on any atom is 0.307 e. The minimum absolute atomic E-state index is 0. The van der Waals surface area contributed by atoms with Crippen LogP contribution in [0.5, 0.6) is 0 Å². The number of nitrogens with two attached hydrogens (primary N) is 1. The van der Waals surface area contributed by atoms with Gasteiger partial charge in [-0.2, -0.15) is 0 Å². The van der Waals surface area contributed by atoms with Gasteiger partial charge in [-0.15, -0.1) is 12.4 Å². The summed E-state index contributed by atoms with van der Waals surface area (Å²) < 4.78 is 31.5. The van der Waals surface area contributed by atoms with E-state index in [0.717, 1.165) is 0 Å². The van der Waals surface area contributed by atoms with Gasteiger partial charge in [0.1, 0.15) is 0 Å². The van der Waals surface area contributed by atoms with Gasteiger partial charge in [0.2, 0.25) is 0 Å². The van der Waals surface area contributed by atoms with Gasteiger partial charge in [0, 0.05) is 11.6 Å². The molecule has 0 aliphatic heterocycles. The molecule has 1 aromatic rings. The summed E-state index contributed by atoms with van der Waals surface area (Å²) in [6, 6.07) is 1.92. The maximum atomic E-state index is 13.5. The lowest BCUT2D eigenvalue weighted by atomic mass is 10.0. The van der Waals surface area contributed by atoms with Gasteiger partial charge in [0.15, 0.2) is 11.6 Å². The molecule has 0 bridgehead atoms. The van der Waals surface area contributed by atoms with Crippen LogP contribution >= 0.6 is 12.4 Å². The van der Waals surface area contributed by atoms with Crippen molar-refractivity contribution in [1.82, 2.24) is 0 Å². The summed E-state index contributed by atoms with van der Waals surface area (Å²) in [6.07, 6.45) is -0.173. The summed E-state index contributed by atoms with van der Waals surface area (Å²) in [5.41, 5.74) is 5.83. The van der Waals surface area contributed by atoms with Crippen LogP contribution in [0.4, 0.5) is 8.78 Å². The molecule has 0 saturated carbocycles. The average molecular weight is 280 g/mol. The van der Waals surface area contributed by atoms with Crippen LogP contribution in [0, 0.1) is 18.6 Å². The molecule has 18 heavy (non-hydrogen) atoms. The van der Waals surface area contributed by atoms with E-state index >= 15 is 0 Å². The number of esters is 1. The molecule has 3 nitrogen and oxygen atoms in total. The molecular weight excluding hydrogens is 264 g/mol. The fourth-order valence-corrected chi connectivity index (χ4v) is 1.46. The van der Waals surface area contributed by atoms with E-state index < -0.39 is 23.6 Å². The van der Waals surface area contributed by atoms with Crippen molar-refractivity contribution in [3.8, 4) is 0 Å². The van der Waals surface area contributed by atoms with Crippen molar-refractivity contribution in [2.45, 2.75) is 26.3 Å². The molecule has 6 heteroatoms. The smallest absolute Gasteiger partial charge is 0.307 e. The molecule has 102 valence electrons. The fourth-order valence-electron chi connectivity index (χ4n) is 1.46. The molecular formula is C12H16ClF2NO2. The number of carbonyl (C=O) groups excluding carboxylic acids is 1. The van der Waals surface area contributed by atoms with E-state index in [4.69, 9.17) is 10.5 Å². The van der Waals surface area contributed by atoms with E-state index in [1.807, 2.05) is 0 Å². The monoisotopic (exact) mass is 279 g/mol. The molecule has 0 spiro atoms. The van der Waals surface area contributed by atoms with Crippen LogP contribution in [0.25, 0.3) is 0 Å². The minimum atomic E-state index is -0.998. The van der Waals surface area contributed by atoms with Gasteiger partial charge in [-0.3, -0.25) is 4.79 Å². The van der Waals surface area contributed by atoms with Gasteiger partial charge in [-0.25, -0.2) is 8.78 Å². The second-order valence-corrected chi connectivity index (χ2v) is 3.72. The highest BCUT2D eigenvalue weighted by Crippen LogP contribution is 2.22. The van der Waals surface area contributed by atoms with Gasteiger partial charge >= 0.3 is 5.97 Å². The summed E-state index contributed by atoms with van der Waals surface area (Å²) in [6.45, 7) is 3.35. The lowest BCUT2D eigenvalue weighted by Gasteiger charge is -2.13. The zero-order valence-electron chi connectivity index (χ0n) is 10.2. The zero-order valence-corrected chi connectivity index (χ0v) is 11.0. The molecule has 0 aliphatic carbocycles. The van der Waals surface area contributed by atoms with Gasteiger partial charge < -0.3 is 10.5 Å². The first-order valence-electron chi connectivity index (χ1n) is 5.33. The van der Waals surface area contributed by atoms with E-state index in [9.17, 15) is 13.6 Å². The van der Waals surface area contributed by atoms with E-state index in [0.29, 0.717) is 0 Å². The van der Waals surface area contributed by atoms with Crippen LogP contribution in [0.15, 0.2) is 12.1 Å². The number of halogens is 3. The number of rotatable bonds is 4. The Morgan fingerprint density at radius 2 is 2.00 bits per heavy atom. The fraction of sp³-hybridized carbons (Fsp3) is 0.417. The Balaban J connectivity index is 0.00000289. The third-order valence-corrected chi connectivity index (χ3v) is 2.40. The normalized spacial score (nSPS) is 11.6. The summed E-state index contributed by atoms with van der Waals surface area (Å²) in [5.74, 6) is -2.45. The van der Waals surface area contributed by atoms with Gasteiger partial charge in [-0.05, 0) is 19.4 Å². The van der Waals surface area contributed by atoms with Crippen molar-refractivity contribution in [2.24, 2.45) is 5.73 Å². The number of benzene rings is 1. The molecule has 0 saturated heterocycles. The summed E-state index contributed by atoms with van der Waals surface area (Å²) in [5, 5.41) is 0. The summed E-state index contributed by atoms with van der Waals surface area (Å²) in [4.78, 5) is 11.2. The summed E-state index contributed by atoms with van der Waals surface area (Å²) >= 11 is 0. The Bertz CT molecular complexity index is 427. The van der Waals surface area contributed by atoms with Crippen molar-refractivity contribution in [3.05, 3.63) is 34.9 Å². The molecule has 1 aromatic carbocycles. The number of carbonyl (C=O) groups is 1. The van der Waals surface area contributed by atoms with Crippen LogP contribution in [0.3, 0.4) is 0 Å². The van der Waals surface area contributed by atoms with E-state index in [1.54, 1.807) is 6.92 Å². The Morgan fingerprint density at radius 3 is 2.56 bits per heavy atom. The molecule has 1 atom stereocenters. The topological polar surface area (TPSA) is 52.3 Å². The van der Waals surface area contributed by atoms with E-state index in [-0.39, 0.29) is 36.6 Å². The van der Waals surface area contributed by atoms with Crippen LogP contribution in [-0.2, 0) is 9.53 Å². The highest BCUT2D eigenvalue weighted by atomic mass is 35.5. The third-order valence-electron chi connectivity index (χ3n) is 2.40. The Kier molecular flexibility index (Phi) is 6.80. The molecule has 2 N–H and O–H groups in total. The first kappa shape index (κ1) is 16.8. The first-order chi connectivity index (χ1) is 7.97. The van der Waals surface area contributed by atoms with Gasteiger partial charge in [0.25, 0.3) is 0 Å². The van der Waals surface area contributed by atoms with Crippen molar-refractivity contribution >= 4 is 18.4 Å². The summed E-state index contributed by atoms with van der Waals surface area (Å²) in [7, 11) is 0. The number of aryl methyl sites for hydroxylation is 1. The lowest BCUT2D eigenvalue weighted by molar-refractivity contribution is -0.143. The van der Waals surface area contributed by atoms with Crippen molar-refractivity contribution in [2.75, 3.05) is 6.61 Å². The predicted octanol–water partition coefficient (Wildman–Crippen LogP) is 2.65. The predicted molar refractivity (Wildman–Crippen MR) is 66.5 cm³/mol. The van der Waals surface area contributed by atoms with Crippen molar-refractivity contribution < 1.29 is 18.3 Å². The zero-order chi connectivity index (χ0) is 13.0. The number of ether oxygens (including phenoxy) is 1. The van der Waals surface area contributed by atoms with Crippen molar-refractivity contribution in [3.63, 3.8) is 0 Å². The van der Waals surface area contributed by atoms with Crippen molar-refractivity contribution in [1.29, 1.82) is 0 Å². The third kappa shape index (κ3) is 3.92. The van der Waals surface area contributed by atoms with E-state index in [1.165, 1.54) is 19.1 Å². The maximum absolute atomic E-state index is 13.5. The molecule has 0 heterocycles. The highest BCUT2D eigenvalue weighted by Gasteiger charge is 2.19. The van der Waals surface area contributed by atoms with Crippen LogP contribution in [0.1, 0.15) is 30.5 Å². The van der Waals surface area contributed by atoms with Crippen LogP contribution in [0.2, 0.25) is 0 Å². The van der Waals surface area contributed by atoms with E-state index in [2.05, 4.69) is 0 Å². The number of hydrogen-bond donors (Lipinski definition) is 1. The minimum Gasteiger partial charge on any atom is -0.466 e. The number of hydrogen-bond acceptors (Lipinski definition) is 3. The van der Waals surface area contributed by atoms with Crippen LogP contribution in [-0.4, -0.2) is 12.6 Å². The first-order valence-corrected chi connectivity index (χ1v) is 5.33. The quantitative estimate of drug-likeness (QED) is 0.862. The lowest BCUT2D eigenvalue weighted by Crippen LogP contribution is -2.19. The second kappa shape index (κ2) is 7.28. The average Bonchev–Trinajstić information content (AvgIpc) is 2.26. The Hall–Kier alpha value is -1.20. The highest BCUT2D eigenvalue weighted by molar-refractivity contribution is 5.85. The van der Waals surface area contributed by atoms with Crippen LogP contribution < -0.4 is 5.73 Å².